The van der Waals surface area contributed by atoms with Gasteiger partial charge in [-0.3, -0.25) is 5.10 Å². The van der Waals surface area contributed by atoms with E-state index in [9.17, 15) is 0 Å². The molecule has 0 aromatic carbocycles. The Hall–Kier alpha value is -2.17. The second-order valence-corrected chi connectivity index (χ2v) is 4.58. The van der Waals surface area contributed by atoms with Gasteiger partial charge in [-0.25, -0.2) is 0 Å². The van der Waals surface area contributed by atoms with E-state index < -0.39 is 0 Å². The lowest BCUT2D eigenvalue weighted by Gasteiger charge is -2.10. The Kier molecular flexibility index (Phi) is 6.59. The molecule has 1 aromatic rings. The molecule has 0 amide bonds. The molecule has 0 bridgehead atoms. The van der Waals surface area contributed by atoms with Crippen LogP contribution < -0.4 is 5.32 Å². The van der Waals surface area contributed by atoms with Crippen molar-refractivity contribution in [2.75, 3.05) is 26.6 Å². The van der Waals surface area contributed by atoms with Crippen molar-refractivity contribution in [1.29, 1.82) is 0 Å². The number of aromatic nitrogens is 2. The van der Waals surface area contributed by atoms with Crippen molar-refractivity contribution in [2.24, 2.45) is 0 Å². The lowest BCUT2D eigenvalue weighted by atomic mass is 10.0. The second kappa shape index (κ2) is 8.19. The predicted octanol–water partition coefficient (Wildman–Crippen LogP) is 3.67. The van der Waals surface area contributed by atoms with Crippen LogP contribution >= 0.6 is 0 Å². The van der Waals surface area contributed by atoms with Crippen LogP contribution in [0, 0.1) is 0 Å². The fourth-order valence-corrected chi connectivity index (χ4v) is 2.08. The van der Waals surface area contributed by atoms with Crippen LogP contribution in [0.2, 0.25) is 0 Å². The van der Waals surface area contributed by atoms with Crippen LogP contribution in [0.15, 0.2) is 30.2 Å². The van der Waals surface area contributed by atoms with Crippen LogP contribution in [0.25, 0.3) is 6.08 Å². The standard InChI is InChI=1S/C16H25N3O2/c1-7-12(20-5)10-13(21-6)9-11(3)15-14(8-2)16(17-4)19-18-15/h8-11H,2,7H2,1,3-6H3,(H2,17,18,19)/b12-10+,13-9+. The minimum Gasteiger partial charge on any atom is -0.501 e. The number of methoxy groups -OCH3 is 2. The molecule has 1 rings (SSSR count). The maximum Gasteiger partial charge on any atom is 0.155 e. The summed E-state index contributed by atoms with van der Waals surface area (Å²) >= 11 is 0. The van der Waals surface area contributed by atoms with Gasteiger partial charge < -0.3 is 14.8 Å². The lowest BCUT2D eigenvalue weighted by Crippen LogP contribution is -1.97. The summed E-state index contributed by atoms with van der Waals surface area (Å²) in [7, 11) is 5.15. The highest BCUT2D eigenvalue weighted by Crippen LogP contribution is 2.26. The fourth-order valence-electron chi connectivity index (χ4n) is 2.08. The van der Waals surface area contributed by atoms with Gasteiger partial charge in [-0.15, -0.1) is 0 Å². The van der Waals surface area contributed by atoms with Crippen molar-refractivity contribution in [3.63, 3.8) is 0 Å². The van der Waals surface area contributed by atoms with Gasteiger partial charge in [-0.2, -0.15) is 5.10 Å². The largest absolute Gasteiger partial charge is 0.501 e. The highest BCUT2D eigenvalue weighted by molar-refractivity contribution is 5.65. The second-order valence-electron chi connectivity index (χ2n) is 4.58. The number of H-pyrrole nitrogens is 1. The molecule has 0 radical (unpaired) electrons. The predicted molar refractivity (Wildman–Crippen MR) is 87.1 cm³/mol. The van der Waals surface area contributed by atoms with Gasteiger partial charge in [0, 0.05) is 31.0 Å². The summed E-state index contributed by atoms with van der Waals surface area (Å²) in [6, 6.07) is 0. The quantitative estimate of drug-likeness (QED) is 0.567. The molecule has 5 heteroatoms. The third kappa shape index (κ3) is 4.15. The topological polar surface area (TPSA) is 59.2 Å². The van der Waals surface area contributed by atoms with Gasteiger partial charge in [-0.05, 0) is 6.08 Å². The molecule has 21 heavy (non-hydrogen) atoms. The van der Waals surface area contributed by atoms with E-state index in [0.29, 0.717) is 0 Å². The third-order valence-electron chi connectivity index (χ3n) is 3.29. The molecule has 2 N–H and O–H groups in total. The van der Waals surface area contributed by atoms with Crippen LogP contribution in [-0.2, 0) is 9.47 Å². The molecule has 0 saturated carbocycles. The summed E-state index contributed by atoms with van der Waals surface area (Å²) in [5.41, 5.74) is 1.97. The van der Waals surface area contributed by atoms with Crippen molar-refractivity contribution >= 4 is 11.9 Å². The molecule has 0 aliphatic carbocycles. The van der Waals surface area contributed by atoms with Gasteiger partial charge in [0.1, 0.15) is 5.76 Å². The van der Waals surface area contributed by atoms with Gasteiger partial charge >= 0.3 is 0 Å². The van der Waals surface area contributed by atoms with E-state index in [-0.39, 0.29) is 5.92 Å². The highest BCUT2D eigenvalue weighted by Gasteiger charge is 2.14. The molecule has 0 aliphatic heterocycles. The molecule has 1 unspecified atom stereocenters. The summed E-state index contributed by atoms with van der Waals surface area (Å²) in [5, 5.41) is 10.3. The van der Waals surface area contributed by atoms with E-state index in [0.717, 1.165) is 35.0 Å². The third-order valence-corrected chi connectivity index (χ3v) is 3.29. The Morgan fingerprint density at radius 1 is 1.43 bits per heavy atom. The van der Waals surface area contributed by atoms with Crippen molar-refractivity contribution < 1.29 is 9.47 Å². The van der Waals surface area contributed by atoms with E-state index in [1.807, 2.05) is 26.1 Å². The maximum atomic E-state index is 5.41. The lowest BCUT2D eigenvalue weighted by molar-refractivity contribution is 0.267. The Balaban J connectivity index is 3.09. The van der Waals surface area contributed by atoms with E-state index >= 15 is 0 Å². The summed E-state index contributed by atoms with van der Waals surface area (Å²) in [6.07, 6.45) is 6.54. The van der Waals surface area contributed by atoms with Gasteiger partial charge in [0.05, 0.1) is 25.7 Å². The Morgan fingerprint density at radius 3 is 2.62 bits per heavy atom. The first-order valence-corrected chi connectivity index (χ1v) is 6.99. The minimum absolute atomic E-state index is 0.105. The van der Waals surface area contributed by atoms with Crippen molar-refractivity contribution in [2.45, 2.75) is 26.2 Å². The zero-order chi connectivity index (χ0) is 15.8. The summed E-state index contributed by atoms with van der Waals surface area (Å²) in [5.74, 6) is 2.53. The number of hydrogen-bond acceptors (Lipinski definition) is 4. The normalized spacial score (nSPS) is 13.8. The van der Waals surface area contributed by atoms with Crippen LogP contribution in [0.4, 0.5) is 5.82 Å². The summed E-state index contributed by atoms with van der Waals surface area (Å²) in [6.45, 7) is 7.96. The van der Waals surface area contributed by atoms with E-state index in [1.165, 1.54) is 0 Å². The Morgan fingerprint density at radius 2 is 2.14 bits per heavy atom. The SMILES string of the molecule is C=Cc1c(NC)n[nH]c1C(C)/C=C(\C=C(/CC)OC)OC. The average Bonchev–Trinajstić information content (AvgIpc) is 2.94. The molecule has 1 heterocycles. The first-order valence-electron chi connectivity index (χ1n) is 6.99. The van der Waals surface area contributed by atoms with Crippen LogP contribution in [0.5, 0.6) is 0 Å². The van der Waals surface area contributed by atoms with E-state index in [1.54, 1.807) is 20.3 Å². The minimum atomic E-state index is 0.105. The molecule has 0 spiro atoms. The van der Waals surface area contributed by atoms with Gasteiger partial charge in [0.25, 0.3) is 0 Å². The summed E-state index contributed by atoms with van der Waals surface area (Å²) < 4.78 is 10.7. The molecule has 5 nitrogen and oxygen atoms in total. The molecular weight excluding hydrogens is 266 g/mol. The monoisotopic (exact) mass is 291 g/mol. The van der Waals surface area contributed by atoms with Crippen LogP contribution in [-0.4, -0.2) is 31.5 Å². The number of ether oxygens (including phenoxy) is 2. The van der Waals surface area contributed by atoms with Crippen molar-refractivity contribution in [3.8, 4) is 0 Å². The van der Waals surface area contributed by atoms with Crippen LogP contribution in [0.1, 0.15) is 37.4 Å². The number of rotatable bonds is 8. The first kappa shape index (κ1) is 16.9. The number of hydrogen-bond donors (Lipinski definition) is 2. The van der Waals surface area contributed by atoms with Crippen molar-refractivity contribution in [1.82, 2.24) is 10.2 Å². The highest BCUT2D eigenvalue weighted by atomic mass is 16.5. The van der Waals surface area contributed by atoms with Crippen molar-refractivity contribution in [3.05, 3.63) is 41.5 Å². The number of anilines is 1. The number of nitrogens with zero attached hydrogens (tertiary/aromatic N) is 1. The Labute approximate surface area is 126 Å². The molecule has 1 aromatic heterocycles. The molecular formula is C16H25N3O2. The van der Waals surface area contributed by atoms with E-state index in [2.05, 4.69) is 29.0 Å². The zero-order valence-corrected chi connectivity index (χ0v) is 13.5. The molecule has 0 fully saturated rings. The first-order chi connectivity index (χ1) is 10.1. The summed E-state index contributed by atoms with van der Waals surface area (Å²) in [4.78, 5) is 0. The molecule has 0 saturated heterocycles. The number of allylic oxidation sites excluding steroid dienone is 3. The van der Waals surface area contributed by atoms with E-state index in [4.69, 9.17) is 9.47 Å². The van der Waals surface area contributed by atoms with Crippen LogP contribution in [0.3, 0.4) is 0 Å². The molecule has 116 valence electrons. The fraction of sp³-hybridized carbons (Fsp3) is 0.438. The number of aromatic amines is 1. The molecule has 0 aliphatic rings. The van der Waals surface area contributed by atoms with Gasteiger partial charge in [-0.1, -0.05) is 26.5 Å². The number of nitrogens with one attached hydrogen (secondary N) is 2. The average molecular weight is 291 g/mol. The van der Waals surface area contributed by atoms with Gasteiger partial charge in [0.15, 0.2) is 5.82 Å². The Bertz CT molecular complexity index is 524. The maximum absolute atomic E-state index is 5.41. The zero-order valence-electron chi connectivity index (χ0n) is 13.5. The molecule has 1 atom stereocenters. The smallest absolute Gasteiger partial charge is 0.155 e. The van der Waals surface area contributed by atoms with Gasteiger partial charge in [0.2, 0.25) is 0 Å².